The Balaban J connectivity index is 0.00000144. The fraction of sp³-hybridized carbons (Fsp3) is 0. The second-order valence-electron chi connectivity index (χ2n) is 2.01. The topological polar surface area (TPSA) is 84.6 Å². The maximum Gasteiger partial charge on any atom is 1.00 e. The van der Waals surface area contributed by atoms with E-state index in [9.17, 15) is 15.0 Å². The minimum atomic E-state index is -0.516. The summed E-state index contributed by atoms with van der Waals surface area (Å²) in [7, 11) is 0. The first kappa shape index (κ1) is 12.0. The van der Waals surface area contributed by atoms with Crippen LogP contribution in [0, 0.1) is 15.0 Å². The van der Waals surface area contributed by atoms with Crippen LogP contribution in [0.1, 0.15) is 0 Å². The summed E-state index contributed by atoms with van der Waals surface area (Å²) < 4.78 is 0. The molecular weight excluding hydrogens is 185 g/mol. The van der Waals surface area contributed by atoms with Gasteiger partial charge in [-0.05, 0) is 12.1 Å². The quantitative estimate of drug-likeness (QED) is 0.277. The van der Waals surface area contributed by atoms with Crippen molar-refractivity contribution in [1.29, 1.82) is 0 Å². The van der Waals surface area contributed by atoms with Crippen LogP contribution in [0.5, 0.6) is 0 Å². The molecule has 0 spiro atoms. The monoisotopic (exact) mass is 190 g/mol. The maximum atomic E-state index is 10.2. The van der Waals surface area contributed by atoms with Gasteiger partial charge in [-0.3, -0.25) is 10.1 Å². The van der Waals surface area contributed by atoms with E-state index in [0.717, 1.165) is 0 Å². The Labute approximate surface area is 95.7 Å². The van der Waals surface area contributed by atoms with Gasteiger partial charge in [-0.15, -0.1) is 4.91 Å². The Morgan fingerprint density at radius 3 is 2.23 bits per heavy atom. The van der Waals surface area contributed by atoms with E-state index in [1.165, 1.54) is 24.3 Å². The molecule has 0 aliphatic rings. The number of anilines is 1. The third-order valence-corrected chi connectivity index (χ3v) is 1.25. The fourth-order valence-electron chi connectivity index (χ4n) is 0.710. The smallest absolute Gasteiger partial charge is 0.258 e. The summed E-state index contributed by atoms with van der Waals surface area (Å²) in [5, 5.41) is 12.6. The molecule has 13 heavy (non-hydrogen) atoms. The van der Waals surface area contributed by atoms with Crippen LogP contribution in [-0.4, -0.2) is 4.92 Å². The van der Waals surface area contributed by atoms with Gasteiger partial charge in [0.1, 0.15) is 0 Å². The third-order valence-electron chi connectivity index (χ3n) is 1.25. The van der Waals surface area contributed by atoms with Crippen molar-refractivity contribution < 1.29 is 34.5 Å². The average molecular weight is 190 g/mol. The van der Waals surface area contributed by atoms with Crippen LogP contribution < -0.4 is 35.0 Å². The van der Waals surface area contributed by atoms with Crippen molar-refractivity contribution in [3.63, 3.8) is 0 Å². The molecule has 7 heteroatoms. The number of nitroso groups, excluding NO2 is 1. The van der Waals surface area contributed by atoms with E-state index in [4.69, 9.17) is 0 Å². The van der Waals surface area contributed by atoms with Gasteiger partial charge in [0, 0.05) is 12.1 Å². The molecule has 6 nitrogen and oxygen atoms in total. The average Bonchev–Trinajstić information content (AvgIpc) is 2.06. The van der Waals surface area contributed by atoms with Crippen LogP contribution in [-0.2, 0) is 0 Å². The van der Waals surface area contributed by atoms with E-state index in [1.54, 1.807) is 0 Å². The number of nitro groups is 1. The molecule has 1 aromatic rings. The van der Waals surface area contributed by atoms with Crippen LogP contribution in [0.3, 0.4) is 0 Å². The van der Waals surface area contributed by atoms with Crippen molar-refractivity contribution in [2.75, 3.05) is 5.43 Å². The number of nitrogens with zero attached hydrogens (tertiary/aromatic N) is 2. The molecule has 0 fully saturated rings. The van der Waals surface area contributed by atoms with Gasteiger partial charge in [-0.2, -0.15) is 0 Å². The number of hydrogen-bond donors (Lipinski definition) is 1. The summed E-state index contributed by atoms with van der Waals surface area (Å²) in [6.45, 7) is 0. The van der Waals surface area contributed by atoms with E-state index >= 15 is 0 Å². The molecule has 0 saturated carbocycles. The van der Waals surface area contributed by atoms with Crippen molar-refractivity contribution in [2.45, 2.75) is 0 Å². The summed E-state index contributed by atoms with van der Waals surface area (Å²) >= 11 is 0. The fourth-order valence-corrected chi connectivity index (χ4v) is 0.710. The van der Waals surface area contributed by atoms with Crippen molar-refractivity contribution in [2.24, 2.45) is 5.29 Å². The standard InChI is InChI=1S/C6H5N3O3.Na/c10-8-7-5-1-3-6(4-2-5)9(11)12;/h1-4H,(H,7,10);/q;+1. The Bertz CT molecular complexity index is 300. The van der Waals surface area contributed by atoms with Gasteiger partial charge in [0.2, 0.25) is 0 Å². The molecule has 0 aliphatic carbocycles. The van der Waals surface area contributed by atoms with E-state index in [1.807, 2.05) is 0 Å². The molecule has 0 atom stereocenters. The minimum Gasteiger partial charge on any atom is -0.258 e. The largest absolute Gasteiger partial charge is 1.00 e. The van der Waals surface area contributed by atoms with E-state index in [0.29, 0.717) is 5.69 Å². The zero-order chi connectivity index (χ0) is 8.97. The number of hydrogen-bond acceptors (Lipinski definition) is 4. The van der Waals surface area contributed by atoms with Crippen LogP contribution in [0.15, 0.2) is 29.6 Å². The number of nitrogens with one attached hydrogen (secondary N) is 1. The van der Waals surface area contributed by atoms with Crippen molar-refractivity contribution >= 4 is 11.4 Å². The van der Waals surface area contributed by atoms with Gasteiger partial charge in [-0.1, -0.05) is 0 Å². The van der Waals surface area contributed by atoms with Crippen molar-refractivity contribution in [1.82, 2.24) is 0 Å². The molecular formula is C6H5N3NaO3+. The molecule has 1 N–H and O–H groups in total. The molecule has 1 rings (SSSR count). The number of benzene rings is 1. The van der Waals surface area contributed by atoms with E-state index in [2.05, 4.69) is 10.7 Å². The normalized spacial score (nSPS) is 8.31. The Kier molecular flexibility index (Phi) is 5.20. The first-order valence-corrected chi connectivity index (χ1v) is 3.07. The van der Waals surface area contributed by atoms with Crippen LogP contribution in [0.25, 0.3) is 0 Å². The summed E-state index contributed by atoms with van der Waals surface area (Å²) in [5.41, 5.74) is 2.53. The van der Waals surface area contributed by atoms with Gasteiger partial charge in [-0.25, -0.2) is 5.43 Å². The summed E-state index contributed by atoms with van der Waals surface area (Å²) in [6.07, 6.45) is 0. The van der Waals surface area contributed by atoms with E-state index in [-0.39, 0.29) is 35.2 Å². The van der Waals surface area contributed by atoms with E-state index < -0.39 is 4.92 Å². The molecule has 0 bridgehead atoms. The molecule has 1 aromatic carbocycles. The SMILES string of the molecule is O=NNc1ccc([N+](=O)[O-])cc1.[Na+]. The molecule has 0 aliphatic heterocycles. The van der Waals surface area contributed by atoms with Gasteiger partial charge >= 0.3 is 29.6 Å². The van der Waals surface area contributed by atoms with Crippen LogP contribution in [0.4, 0.5) is 11.4 Å². The number of rotatable bonds is 3. The van der Waals surface area contributed by atoms with Crippen molar-refractivity contribution in [3.05, 3.63) is 39.3 Å². The summed E-state index contributed by atoms with van der Waals surface area (Å²) in [4.78, 5) is 19.4. The van der Waals surface area contributed by atoms with Gasteiger partial charge in [0.15, 0.2) is 0 Å². The van der Waals surface area contributed by atoms with Crippen LogP contribution in [0.2, 0.25) is 0 Å². The third kappa shape index (κ3) is 3.49. The molecule has 0 amide bonds. The summed E-state index contributed by atoms with van der Waals surface area (Å²) in [6, 6.07) is 5.38. The zero-order valence-electron chi connectivity index (χ0n) is 6.93. The predicted molar refractivity (Wildman–Crippen MR) is 42.5 cm³/mol. The Hall–Kier alpha value is -0.980. The minimum absolute atomic E-state index is 0. The molecule has 62 valence electrons. The van der Waals surface area contributed by atoms with Crippen molar-refractivity contribution in [3.8, 4) is 0 Å². The second-order valence-corrected chi connectivity index (χ2v) is 2.01. The maximum absolute atomic E-state index is 10.2. The summed E-state index contributed by atoms with van der Waals surface area (Å²) in [5.74, 6) is 0. The van der Waals surface area contributed by atoms with Gasteiger partial charge in [0.25, 0.3) is 5.69 Å². The zero-order valence-corrected chi connectivity index (χ0v) is 8.93. The number of nitro benzene ring substituents is 1. The predicted octanol–water partition coefficient (Wildman–Crippen LogP) is -1.31. The van der Waals surface area contributed by atoms with Gasteiger partial charge < -0.3 is 0 Å². The Morgan fingerprint density at radius 1 is 1.31 bits per heavy atom. The molecule has 0 heterocycles. The molecule has 0 radical (unpaired) electrons. The first-order chi connectivity index (χ1) is 5.74. The second kappa shape index (κ2) is 5.63. The number of non-ortho nitro benzene ring substituents is 1. The molecule has 0 saturated heterocycles. The van der Waals surface area contributed by atoms with Gasteiger partial charge in [0.05, 0.1) is 15.9 Å². The molecule has 0 unspecified atom stereocenters. The first-order valence-electron chi connectivity index (χ1n) is 3.07. The Morgan fingerprint density at radius 2 is 1.85 bits per heavy atom. The van der Waals surface area contributed by atoms with Crippen LogP contribution >= 0.6 is 0 Å². The molecule has 0 aromatic heterocycles.